The quantitative estimate of drug-likeness (QED) is 0.864. The molecule has 2 rings (SSSR count). The van der Waals surface area contributed by atoms with Crippen molar-refractivity contribution in [3.05, 3.63) is 30.1 Å². The van der Waals surface area contributed by atoms with Crippen LogP contribution in [0.2, 0.25) is 0 Å². The number of aromatic nitrogens is 1. The first-order valence-electron chi connectivity index (χ1n) is 6.49. The van der Waals surface area contributed by atoms with E-state index in [1.54, 1.807) is 0 Å². The molecule has 1 fully saturated rings. The molecule has 0 radical (unpaired) electrons. The summed E-state index contributed by atoms with van der Waals surface area (Å²) in [6.07, 6.45) is 4.96. The maximum Gasteiger partial charge on any atom is 0.0271 e. The number of hydrogen-bond acceptors (Lipinski definition) is 3. The molecule has 0 saturated carbocycles. The summed E-state index contributed by atoms with van der Waals surface area (Å²) in [7, 11) is 2.22. The molecule has 3 atom stereocenters. The van der Waals surface area contributed by atoms with Crippen LogP contribution in [0.1, 0.15) is 25.8 Å². The highest BCUT2D eigenvalue weighted by molar-refractivity contribution is 5.09. The average Bonchev–Trinajstić information content (AvgIpc) is 2.33. The number of rotatable bonds is 3. The normalized spacial score (nSPS) is 30.4. The van der Waals surface area contributed by atoms with Crippen LogP contribution in [-0.4, -0.2) is 35.6 Å². The molecule has 0 amide bonds. The monoisotopic (exact) mass is 233 g/mol. The largest absolute Gasteiger partial charge is 0.310 e. The van der Waals surface area contributed by atoms with Crippen LogP contribution in [0.3, 0.4) is 0 Å². The fraction of sp³-hybridized carbons (Fsp3) is 0.643. The van der Waals surface area contributed by atoms with Crippen molar-refractivity contribution in [1.29, 1.82) is 0 Å². The Bertz CT molecular complexity index is 339. The van der Waals surface area contributed by atoms with Gasteiger partial charge in [-0.2, -0.15) is 0 Å². The van der Waals surface area contributed by atoms with E-state index in [2.05, 4.69) is 48.2 Å². The maximum atomic E-state index is 4.04. The lowest BCUT2D eigenvalue weighted by Crippen LogP contribution is -2.50. The molecule has 1 aromatic rings. The van der Waals surface area contributed by atoms with E-state index in [4.69, 9.17) is 0 Å². The number of nitrogens with zero attached hydrogens (tertiary/aromatic N) is 2. The average molecular weight is 233 g/mol. The van der Waals surface area contributed by atoms with Gasteiger partial charge in [0.05, 0.1) is 0 Å². The third kappa shape index (κ3) is 3.27. The molecule has 94 valence electrons. The molecule has 1 N–H and O–H groups in total. The van der Waals surface area contributed by atoms with Crippen LogP contribution in [-0.2, 0) is 6.54 Å². The van der Waals surface area contributed by atoms with Gasteiger partial charge in [-0.3, -0.25) is 4.98 Å². The second-order valence-electron chi connectivity index (χ2n) is 5.34. The van der Waals surface area contributed by atoms with Gasteiger partial charge in [-0.25, -0.2) is 0 Å². The number of pyridine rings is 1. The molecule has 17 heavy (non-hydrogen) atoms. The predicted octanol–water partition coefficient (Wildman–Crippen LogP) is 1.90. The number of nitrogens with one attached hydrogen (secondary N) is 1. The van der Waals surface area contributed by atoms with E-state index in [9.17, 15) is 0 Å². The van der Waals surface area contributed by atoms with Crippen LogP contribution in [0.25, 0.3) is 0 Å². The summed E-state index contributed by atoms with van der Waals surface area (Å²) in [5.41, 5.74) is 1.32. The Morgan fingerprint density at radius 2 is 2.06 bits per heavy atom. The van der Waals surface area contributed by atoms with Gasteiger partial charge in [0.25, 0.3) is 0 Å². The summed E-state index contributed by atoms with van der Waals surface area (Å²) in [6.45, 7) is 6.79. The molecule has 1 aliphatic heterocycles. The molecule has 0 aliphatic carbocycles. The maximum absolute atomic E-state index is 4.04. The molecule has 0 bridgehead atoms. The summed E-state index contributed by atoms with van der Waals surface area (Å²) >= 11 is 0. The van der Waals surface area contributed by atoms with Crippen LogP contribution in [0.5, 0.6) is 0 Å². The van der Waals surface area contributed by atoms with E-state index in [1.165, 1.54) is 18.5 Å². The van der Waals surface area contributed by atoms with Crippen LogP contribution in [0.15, 0.2) is 24.5 Å². The lowest BCUT2D eigenvalue weighted by Gasteiger charge is -2.40. The summed E-state index contributed by atoms with van der Waals surface area (Å²) < 4.78 is 0. The van der Waals surface area contributed by atoms with Crippen molar-refractivity contribution in [3.63, 3.8) is 0 Å². The minimum absolute atomic E-state index is 0.634. The van der Waals surface area contributed by atoms with Crippen LogP contribution in [0, 0.1) is 5.92 Å². The second-order valence-corrected chi connectivity index (χ2v) is 5.34. The lowest BCUT2D eigenvalue weighted by molar-refractivity contribution is 0.121. The zero-order valence-corrected chi connectivity index (χ0v) is 11.1. The first-order valence-corrected chi connectivity index (χ1v) is 6.49. The Morgan fingerprint density at radius 3 is 2.76 bits per heavy atom. The zero-order chi connectivity index (χ0) is 12.3. The van der Waals surface area contributed by atoms with E-state index in [0.717, 1.165) is 12.5 Å². The van der Waals surface area contributed by atoms with Gasteiger partial charge in [-0.15, -0.1) is 0 Å². The Hall–Kier alpha value is -0.930. The topological polar surface area (TPSA) is 28.2 Å². The Morgan fingerprint density at radius 1 is 1.35 bits per heavy atom. The molecule has 2 heterocycles. The van der Waals surface area contributed by atoms with E-state index < -0.39 is 0 Å². The van der Waals surface area contributed by atoms with Gasteiger partial charge in [0.1, 0.15) is 0 Å². The van der Waals surface area contributed by atoms with Crippen LogP contribution >= 0.6 is 0 Å². The highest BCUT2D eigenvalue weighted by Gasteiger charge is 2.28. The summed E-state index contributed by atoms with van der Waals surface area (Å²) in [4.78, 5) is 6.50. The van der Waals surface area contributed by atoms with Gasteiger partial charge in [0, 0.05) is 37.6 Å². The highest BCUT2D eigenvalue weighted by atomic mass is 15.2. The smallest absolute Gasteiger partial charge is 0.0271 e. The van der Waals surface area contributed by atoms with Crippen molar-refractivity contribution >= 4 is 0 Å². The zero-order valence-electron chi connectivity index (χ0n) is 11.1. The van der Waals surface area contributed by atoms with E-state index >= 15 is 0 Å². The minimum Gasteiger partial charge on any atom is -0.310 e. The van der Waals surface area contributed by atoms with Crippen LogP contribution in [0.4, 0.5) is 0 Å². The summed E-state index contributed by atoms with van der Waals surface area (Å²) in [5.74, 6) is 0.720. The molecule has 1 saturated heterocycles. The fourth-order valence-corrected chi connectivity index (χ4v) is 2.58. The highest BCUT2D eigenvalue weighted by Crippen LogP contribution is 2.20. The first kappa shape index (κ1) is 12.5. The molecule has 3 unspecified atom stereocenters. The van der Waals surface area contributed by atoms with Crippen molar-refractivity contribution < 1.29 is 0 Å². The Kier molecular flexibility index (Phi) is 4.13. The second kappa shape index (κ2) is 5.61. The molecule has 1 aliphatic rings. The molecule has 3 nitrogen and oxygen atoms in total. The molecule has 0 spiro atoms. The molecular weight excluding hydrogens is 210 g/mol. The van der Waals surface area contributed by atoms with Crippen molar-refractivity contribution in [2.45, 2.75) is 38.9 Å². The summed E-state index contributed by atoms with van der Waals surface area (Å²) in [5, 5.41) is 3.68. The third-order valence-corrected chi connectivity index (χ3v) is 3.93. The molecule has 3 heteroatoms. The molecule has 0 aromatic carbocycles. The van der Waals surface area contributed by atoms with E-state index in [0.29, 0.717) is 12.1 Å². The Labute approximate surface area is 104 Å². The first-order chi connectivity index (χ1) is 8.16. The van der Waals surface area contributed by atoms with Crippen molar-refractivity contribution in [3.8, 4) is 0 Å². The van der Waals surface area contributed by atoms with Crippen molar-refractivity contribution in [2.24, 2.45) is 5.92 Å². The fourth-order valence-electron chi connectivity index (χ4n) is 2.58. The third-order valence-electron chi connectivity index (χ3n) is 3.93. The number of hydrogen-bond donors (Lipinski definition) is 1. The SMILES string of the molecule is CC1CN(C)C(C)CC1NCc1ccncc1. The predicted molar refractivity (Wildman–Crippen MR) is 70.7 cm³/mol. The molecule has 1 aromatic heterocycles. The van der Waals surface area contributed by atoms with Gasteiger partial charge in [-0.1, -0.05) is 6.92 Å². The van der Waals surface area contributed by atoms with Gasteiger partial charge in [0.2, 0.25) is 0 Å². The summed E-state index contributed by atoms with van der Waals surface area (Å²) in [6, 6.07) is 5.47. The number of piperidine rings is 1. The van der Waals surface area contributed by atoms with Gasteiger partial charge in [-0.05, 0) is 44.0 Å². The van der Waals surface area contributed by atoms with E-state index in [-0.39, 0.29) is 0 Å². The van der Waals surface area contributed by atoms with Gasteiger partial charge >= 0.3 is 0 Å². The van der Waals surface area contributed by atoms with Crippen molar-refractivity contribution in [2.75, 3.05) is 13.6 Å². The van der Waals surface area contributed by atoms with E-state index in [1.807, 2.05) is 12.4 Å². The standard InChI is InChI=1S/C14H23N3/c1-11-10-17(3)12(2)8-14(11)16-9-13-4-6-15-7-5-13/h4-7,11-12,14,16H,8-10H2,1-3H3. The minimum atomic E-state index is 0.634. The van der Waals surface area contributed by atoms with Gasteiger partial charge < -0.3 is 10.2 Å². The Balaban J connectivity index is 1.87. The van der Waals surface area contributed by atoms with Crippen molar-refractivity contribution in [1.82, 2.24) is 15.2 Å². The molecular formula is C14H23N3. The lowest BCUT2D eigenvalue weighted by atomic mass is 9.90. The van der Waals surface area contributed by atoms with Crippen LogP contribution < -0.4 is 5.32 Å². The van der Waals surface area contributed by atoms with Gasteiger partial charge in [0.15, 0.2) is 0 Å². The number of likely N-dealkylation sites (tertiary alicyclic amines) is 1.